The summed E-state index contributed by atoms with van der Waals surface area (Å²) in [5.41, 5.74) is 2.91. The molecular formula is C9H15N3O. The molecule has 0 bridgehead atoms. The maximum Gasteiger partial charge on any atom is 0.235 e. The first-order valence-corrected chi connectivity index (χ1v) is 5.14. The van der Waals surface area contributed by atoms with Crippen LogP contribution in [0, 0.1) is 5.92 Å². The minimum Gasteiger partial charge on any atom is -0.353 e. The van der Waals surface area contributed by atoms with E-state index in [1.807, 2.05) is 0 Å². The summed E-state index contributed by atoms with van der Waals surface area (Å²) in [6.45, 7) is 0.957. The Kier molecular flexibility index (Phi) is 1.39. The molecule has 0 radical (unpaired) electrons. The summed E-state index contributed by atoms with van der Waals surface area (Å²) in [5.74, 6) is 0.628. The third-order valence-corrected chi connectivity index (χ3v) is 3.25. The van der Waals surface area contributed by atoms with Crippen molar-refractivity contribution in [2.45, 2.75) is 38.0 Å². The van der Waals surface area contributed by atoms with Gasteiger partial charge in [-0.15, -0.1) is 0 Å². The first-order chi connectivity index (χ1) is 6.31. The molecular weight excluding hydrogens is 166 g/mol. The zero-order valence-corrected chi connectivity index (χ0v) is 7.66. The second kappa shape index (κ2) is 2.38. The van der Waals surface area contributed by atoms with Gasteiger partial charge in [0.1, 0.15) is 5.84 Å². The van der Waals surface area contributed by atoms with Crippen LogP contribution in [0.1, 0.15) is 32.1 Å². The molecule has 0 amide bonds. The predicted octanol–water partition coefficient (Wildman–Crippen LogP) is 0.445. The summed E-state index contributed by atoms with van der Waals surface area (Å²) in [7, 11) is 0. The van der Waals surface area contributed by atoms with E-state index in [2.05, 4.69) is 15.4 Å². The van der Waals surface area contributed by atoms with Crippen LogP contribution in [-0.2, 0) is 0 Å². The number of hydrogen-bond acceptors (Lipinski definition) is 4. The number of rotatable bonds is 1. The lowest BCUT2D eigenvalue weighted by Crippen LogP contribution is -2.57. The average Bonchev–Trinajstić information content (AvgIpc) is 2.95. The molecule has 0 spiro atoms. The lowest BCUT2D eigenvalue weighted by Gasteiger charge is -2.37. The molecule has 4 nitrogen and oxygen atoms in total. The van der Waals surface area contributed by atoms with E-state index in [4.69, 9.17) is 0 Å². The highest BCUT2D eigenvalue weighted by Gasteiger charge is 2.52. The van der Waals surface area contributed by atoms with Crippen LogP contribution in [0.5, 0.6) is 0 Å². The molecule has 0 aromatic rings. The predicted molar refractivity (Wildman–Crippen MR) is 48.8 cm³/mol. The van der Waals surface area contributed by atoms with E-state index in [1.54, 1.807) is 0 Å². The summed E-state index contributed by atoms with van der Waals surface area (Å²) >= 11 is 0. The molecule has 0 aromatic carbocycles. The Bertz CT molecular complexity index is 262. The van der Waals surface area contributed by atoms with Gasteiger partial charge in [-0.1, -0.05) is 0 Å². The van der Waals surface area contributed by atoms with Crippen molar-refractivity contribution < 1.29 is 5.11 Å². The third-order valence-electron chi connectivity index (χ3n) is 3.25. The van der Waals surface area contributed by atoms with Crippen molar-refractivity contribution in [1.82, 2.24) is 10.3 Å². The molecule has 1 atom stereocenters. The van der Waals surface area contributed by atoms with Crippen LogP contribution in [-0.4, -0.2) is 28.2 Å². The zero-order chi connectivity index (χ0) is 8.89. The first kappa shape index (κ1) is 7.62. The number of hydrogen-bond donors (Lipinski definition) is 2. The maximum atomic E-state index is 10.3. The number of amidine groups is 1. The third kappa shape index (κ3) is 0.981. The Morgan fingerprint density at radius 3 is 3.08 bits per heavy atom. The standard InChI is InChI=1S/C9H15N3O/c13-9(7-4-5-7)11-10-8-3-1-2-6-12(8)9/h7,11,13H,1-6H2. The number of hydrazone groups is 1. The van der Waals surface area contributed by atoms with Gasteiger partial charge < -0.3 is 10.0 Å². The number of aliphatic hydroxyl groups is 1. The van der Waals surface area contributed by atoms with Gasteiger partial charge in [-0.3, -0.25) is 5.43 Å². The van der Waals surface area contributed by atoms with Gasteiger partial charge in [-0.05, 0) is 25.7 Å². The van der Waals surface area contributed by atoms with Gasteiger partial charge in [0, 0.05) is 18.9 Å². The van der Waals surface area contributed by atoms with Crippen LogP contribution in [0.3, 0.4) is 0 Å². The molecule has 1 saturated carbocycles. The Morgan fingerprint density at radius 1 is 1.46 bits per heavy atom. The first-order valence-electron chi connectivity index (χ1n) is 5.14. The van der Waals surface area contributed by atoms with Crippen molar-refractivity contribution in [2.75, 3.05) is 6.54 Å². The number of piperidine rings is 1. The van der Waals surface area contributed by atoms with Crippen LogP contribution in [0.4, 0.5) is 0 Å². The highest BCUT2D eigenvalue weighted by molar-refractivity contribution is 5.84. The molecule has 0 aromatic heterocycles. The van der Waals surface area contributed by atoms with E-state index < -0.39 is 5.85 Å². The Hall–Kier alpha value is -0.770. The molecule has 3 rings (SSSR count). The smallest absolute Gasteiger partial charge is 0.235 e. The van der Waals surface area contributed by atoms with Gasteiger partial charge in [0.2, 0.25) is 5.85 Å². The van der Waals surface area contributed by atoms with Gasteiger partial charge in [0.15, 0.2) is 0 Å². The monoisotopic (exact) mass is 181 g/mol. The molecule has 13 heavy (non-hydrogen) atoms. The minimum atomic E-state index is -0.824. The van der Waals surface area contributed by atoms with E-state index in [0.29, 0.717) is 5.92 Å². The van der Waals surface area contributed by atoms with Gasteiger partial charge >= 0.3 is 0 Å². The topological polar surface area (TPSA) is 47.9 Å². The highest BCUT2D eigenvalue weighted by Crippen LogP contribution is 2.43. The largest absolute Gasteiger partial charge is 0.353 e. The fraction of sp³-hybridized carbons (Fsp3) is 0.889. The highest BCUT2D eigenvalue weighted by atomic mass is 16.3. The van der Waals surface area contributed by atoms with Gasteiger partial charge in [-0.2, -0.15) is 5.10 Å². The lowest BCUT2D eigenvalue weighted by molar-refractivity contribution is -0.105. The minimum absolute atomic E-state index is 0.395. The van der Waals surface area contributed by atoms with Crippen molar-refractivity contribution in [2.24, 2.45) is 11.0 Å². The number of nitrogens with zero attached hydrogens (tertiary/aromatic N) is 2. The zero-order valence-electron chi connectivity index (χ0n) is 7.66. The van der Waals surface area contributed by atoms with Gasteiger partial charge in [0.25, 0.3) is 0 Å². The molecule has 72 valence electrons. The summed E-state index contributed by atoms with van der Waals surface area (Å²) in [5, 5.41) is 14.5. The SMILES string of the molecule is OC1(C2CC2)NN=C2CCCCN21. The van der Waals surface area contributed by atoms with E-state index >= 15 is 0 Å². The van der Waals surface area contributed by atoms with Gasteiger partial charge in [0.05, 0.1) is 0 Å². The number of nitrogens with one attached hydrogen (secondary N) is 1. The van der Waals surface area contributed by atoms with E-state index in [1.165, 1.54) is 12.8 Å². The molecule has 2 N–H and O–H groups in total. The van der Waals surface area contributed by atoms with E-state index in [9.17, 15) is 5.11 Å². The van der Waals surface area contributed by atoms with Crippen LogP contribution < -0.4 is 5.43 Å². The van der Waals surface area contributed by atoms with Crippen molar-refractivity contribution in [1.29, 1.82) is 0 Å². The van der Waals surface area contributed by atoms with Crippen molar-refractivity contribution >= 4 is 5.84 Å². The Morgan fingerprint density at radius 2 is 2.31 bits per heavy atom. The molecule has 1 saturated heterocycles. The summed E-state index contributed by atoms with van der Waals surface area (Å²) in [6.07, 6.45) is 5.65. The fourth-order valence-electron chi connectivity index (χ4n) is 2.31. The molecule has 1 aliphatic carbocycles. The molecule has 1 unspecified atom stereocenters. The second-order valence-electron chi connectivity index (χ2n) is 4.25. The lowest BCUT2D eigenvalue weighted by atomic mass is 10.1. The van der Waals surface area contributed by atoms with Crippen LogP contribution in [0.15, 0.2) is 5.10 Å². The quantitative estimate of drug-likeness (QED) is 0.617. The average molecular weight is 181 g/mol. The summed E-state index contributed by atoms with van der Waals surface area (Å²) < 4.78 is 0. The molecule has 2 heterocycles. The van der Waals surface area contributed by atoms with Crippen LogP contribution in [0.25, 0.3) is 0 Å². The molecule has 2 aliphatic heterocycles. The van der Waals surface area contributed by atoms with Crippen LogP contribution in [0.2, 0.25) is 0 Å². The normalized spacial score (nSPS) is 38.2. The molecule has 4 heteroatoms. The summed E-state index contributed by atoms with van der Waals surface area (Å²) in [6, 6.07) is 0. The molecule has 2 fully saturated rings. The molecule has 3 aliphatic rings. The van der Waals surface area contributed by atoms with Crippen molar-refractivity contribution in [3.63, 3.8) is 0 Å². The van der Waals surface area contributed by atoms with Crippen molar-refractivity contribution in [3.8, 4) is 0 Å². The summed E-state index contributed by atoms with van der Waals surface area (Å²) in [4.78, 5) is 2.06. The second-order valence-corrected chi connectivity index (χ2v) is 4.25. The fourth-order valence-corrected chi connectivity index (χ4v) is 2.31. The Balaban J connectivity index is 1.85. The van der Waals surface area contributed by atoms with Crippen LogP contribution >= 0.6 is 0 Å². The Labute approximate surface area is 77.6 Å². The van der Waals surface area contributed by atoms with Gasteiger partial charge in [-0.25, -0.2) is 0 Å². The number of fused-ring (bicyclic) bond motifs is 1. The van der Waals surface area contributed by atoms with E-state index in [0.717, 1.165) is 31.6 Å². The van der Waals surface area contributed by atoms with E-state index in [-0.39, 0.29) is 0 Å². The maximum absolute atomic E-state index is 10.3. The van der Waals surface area contributed by atoms with Crippen molar-refractivity contribution in [3.05, 3.63) is 0 Å².